The first-order valence-corrected chi connectivity index (χ1v) is 6.91. The minimum absolute atomic E-state index is 0.409. The largest absolute Gasteiger partial charge is 0.398 e. The smallest absolute Gasteiger partial charge is 0.181 e. The summed E-state index contributed by atoms with van der Waals surface area (Å²) in [4.78, 5) is 12.4. The number of anilines is 1. The number of nitrogens with one attached hydrogen (secondary N) is 1. The molecule has 0 aliphatic rings. The standard InChI is InChI=1S/C15H18N6/c1-10(2)12-5-3-4-11(14(12)16)6-20-21-9-19-13-7-17-8-18-15(13)21/h3-5,7-10,20H,6,16H2,1-2H3. The minimum atomic E-state index is 0.409. The highest BCUT2D eigenvalue weighted by Gasteiger charge is 2.09. The van der Waals surface area contributed by atoms with Crippen molar-refractivity contribution >= 4 is 16.9 Å². The highest BCUT2D eigenvalue weighted by Crippen LogP contribution is 2.25. The molecule has 108 valence electrons. The summed E-state index contributed by atoms with van der Waals surface area (Å²) in [6.07, 6.45) is 4.89. The van der Waals surface area contributed by atoms with Gasteiger partial charge in [0.05, 0.1) is 12.7 Å². The lowest BCUT2D eigenvalue weighted by molar-refractivity contribution is 0.840. The third-order valence-corrected chi connectivity index (χ3v) is 3.51. The Balaban J connectivity index is 1.84. The van der Waals surface area contributed by atoms with E-state index in [1.165, 1.54) is 11.9 Å². The van der Waals surface area contributed by atoms with Gasteiger partial charge in [-0.25, -0.2) is 19.6 Å². The van der Waals surface area contributed by atoms with E-state index in [-0.39, 0.29) is 0 Å². The number of nitrogens with zero attached hydrogens (tertiary/aromatic N) is 4. The molecule has 0 saturated heterocycles. The molecule has 0 aliphatic heterocycles. The van der Waals surface area contributed by atoms with Crippen LogP contribution in [0.25, 0.3) is 11.2 Å². The van der Waals surface area contributed by atoms with Crippen molar-refractivity contribution in [2.24, 2.45) is 0 Å². The summed E-state index contributed by atoms with van der Waals surface area (Å²) in [5.74, 6) is 0.409. The highest BCUT2D eigenvalue weighted by atomic mass is 15.4. The normalized spacial score (nSPS) is 11.2. The fraction of sp³-hybridized carbons (Fsp3) is 0.267. The number of para-hydroxylation sites is 1. The van der Waals surface area contributed by atoms with Gasteiger partial charge < -0.3 is 11.2 Å². The van der Waals surface area contributed by atoms with E-state index in [1.807, 2.05) is 12.1 Å². The molecule has 6 heteroatoms. The number of benzene rings is 1. The lowest BCUT2D eigenvalue weighted by Crippen LogP contribution is -2.15. The van der Waals surface area contributed by atoms with Gasteiger partial charge in [-0.1, -0.05) is 32.0 Å². The predicted octanol–water partition coefficient (Wildman–Crippen LogP) is 2.28. The molecule has 6 nitrogen and oxygen atoms in total. The second-order valence-corrected chi connectivity index (χ2v) is 5.26. The van der Waals surface area contributed by atoms with Crippen molar-refractivity contribution in [1.29, 1.82) is 0 Å². The zero-order valence-electron chi connectivity index (χ0n) is 12.1. The second-order valence-electron chi connectivity index (χ2n) is 5.26. The lowest BCUT2D eigenvalue weighted by Gasteiger charge is -2.15. The van der Waals surface area contributed by atoms with Crippen LogP contribution in [-0.4, -0.2) is 19.6 Å². The van der Waals surface area contributed by atoms with Gasteiger partial charge in [0.1, 0.15) is 18.2 Å². The van der Waals surface area contributed by atoms with Gasteiger partial charge in [-0.05, 0) is 17.0 Å². The molecule has 0 aliphatic carbocycles. The number of imidazole rings is 1. The number of rotatable bonds is 4. The average Bonchev–Trinajstić information content (AvgIpc) is 2.89. The maximum atomic E-state index is 6.25. The Bertz CT molecular complexity index is 762. The third kappa shape index (κ3) is 2.52. The van der Waals surface area contributed by atoms with Gasteiger partial charge in [0, 0.05) is 5.69 Å². The number of hydrogen-bond acceptors (Lipinski definition) is 5. The first kappa shape index (κ1) is 13.4. The molecule has 0 spiro atoms. The number of fused-ring (bicyclic) bond motifs is 1. The summed E-state index contributed by atoms with van der Waals surface area (Å²) in [5.41, 5.74) is 14.1. The molecule has 1 aromatic carbocycles. The molecular weight excluding hydrogens is 264 g/mol. The van der Waals surface area contributed by atoms with E-state index < -0.39 is 0 Å². The Morgan fingerprint density at radius 1 is 1.29 bits per heavy atom. The van der Waals surface area contributed by atoms with Gasteiger partial charge >= 0.3 is 0 Å². The number of aromatic nitrogens is 4. The molecular formula is C15H18N6. The lowest BCUT2D eigenvalue weighted by atomic mass is 9.98. The molecule has 3 rings (SSSR count). The zero-order valence-corrected chi connectivity index (χ0v) is 12.1. The topological polar surface area (TPSA) is 81.7 Å². The van der Waals surface area contributed by atoms with Gasteiger partial charge in [-0.15, -0.1) is 0 Å². The van der Waals surface area contributed by atoms with Gasteiger partial charge in [-0.3, -0.25) is 0 Å². The van der Waals surface area contributed by atoms with Crippen LogP contribution in [0.3, 0.4) is 0 Å². The first-order chi connectivity index (χ1) is 10.2. The van der Waals surface area contributed by atoms with Crippen LogP contribution in [0, 0.1) is 0 Å². The van der Waals surface area contributed by atoms with E-state index in [2.05, 4.69) is 40.3 Å². The van der Waals surface area contributed by atoms with Crippen LogP contribution in [0.2, 0.25) is 0 Å². The fourth-order valence-electron chi connectivity index (χ4n) is 2.34. The van der Waals surface area contributed by atoms with Gasteiger partial charge in [-0.2, -0.15) is 0 Å². The maximum Gasteiger partial charge on any atom is 0.181 e. The second kappa shape index (κ2) is 5.40. The van der Waals surface area contributed by atoms with Gasteiger partial charge in [0.25, 0.3) is 0 Å². The summed E-state index contributed by atoms with van der Waals surface area (Å²) in [5, 5.41) is 0. The number of nitrogens with two attached hydrogens (primary N) is 1. The molecule has 21 heavy (non-hydrogen) atoms. The van der Waals surface area contributed by atoms with Crippen molar-refractivity contribution in [2.45, 2.75) is 26.3 Å². The molecule has 2 heterocycles. The van der Waals surface area contributed by atoms with Crippen molar-refractivity contribution < 1.29 is 0 Å². The van der Waals surface area contributed by atoms with Crippen LogP contribution in [0.1, 0.15) is 30.9 Å². The Morgan fingerprint density at radius 3 is 2.95 bits per heavy atom. The van der Waals surface area contributed by atoms with Crippen molar-refractivity contribution in [3.8, 4) is 0 Å². The quantitative estimate of drug-likeness (QED) is 0.717. The summed E-state index contributed by atoms with van der Waals surface area (Å²) in [6, 6.07) is 6.14. The minimum Gasteiger partial charge on any atom is -0.398 e. The Hall–Kier alpha value is -2.63. The van der Waals surface area contributed by atoms with Crippen LogP contribution >= 0.6 is 0 Å². The first-order valence-electron chi connectivity index (χ1n) is 6.91. The average molecular weight is 282 g/mol. The monoisotopic (exact) mass is 282 g/mol. The molecule has 0 unspecified atom stereocenters. The Morgan fingerprint density at radius 2 is 2.14 bits per heavy atom. The molecule has 0 atom stereocenters. The Kier molecular flexibility index (Phi) is 3.43. The maximum absolute atomic E-state index is 6.25. The molecule has 0 bridgehead atoms. The van der Waals surface area contributed by atoms with E-state index in [9.17, 15) is 0 Å². The van der Waals surface area contributed by atoms with Crippen LogP contribution in [-0.2, 0) is 6.54 Å². The van der Waals surface area contributed by atoms with Crippen molar-refractivity contribution in [3.63, 3.8) is 0 Å². The van der Waals surface area contributed by atoms with Crippen molar-refractivity contribution in [1.82, 2.24) is 19.6 Å². The van der Waals surface area contributed by atoms with Crippen molar-refractivity contribution in [3.05, 3.63) is 48.2 Å². The SMILES string of the molecule is CC(C)c1cccc(CNn2cnc3cncnc32)c1N. The van der Waals surface area contributed by atoms with Gasteiger partial charge in [0.2, 0.25) is 0 Å². The molecule has 3 N–H and O–H groups in total. The summed E-state index contributed by atoms with van der Waals surface area (Å²) in [7, 11) is 0. The Labute approximate surface area is 123 Å². The van der Waals surface area contributed by atoms with Crippen LogP contribution in [0.4, 0.5) is 5.69 Å². The molecule has 3 aromatic rings. The summed E-state index contributed by atoms with van der Waals surface area (Å²) >= 11 is 0. The van der Waals surface area contributed by atoms with Crippen molar-refractivity contribution in [2.75, 3.05) is 11.2 Å². The van der Waals surface area contributed by atoms with E-state index >= 15 is 0 Å². The molecule has 0 saturated carbocycles. The van der Waals surface area contributed by atoms with Crippen LogP contribution < -0.4 is 11.2 Å². The molecule has 0 amide bonds. The highest BCUT2D eigenvalue weighted by molar-refractivity contribution is 5.69. The van der Waals surface area contributed by atoms with E-state index in [4.69, 9.17) is 5.73 Å². The number of nitrogen functional groups attached to an aromatic ring is 1. The van der Waals surface area contributed by atoms with Gasteiger partial charge in [0.15, 0.2) is 5.65 Å². The predicted molar refractivity (Wildman–Crippen MR) is 83.3 cm³/mol. The van der Waals surface area contributed by atoms with E-state index in [1.54, 1.807) is 17.2 Å². The van der Waals surface area contributed by atoms with E-state index in [0.29, 0.717) is 12.5 Å². The fourth-order valence-corrected chi connectivity index (χ4v) is 2.34. The number of hydrogen-bond donors (Lipinski definition) is 2. The third-order valence-electron chi connectivity index (χ3n) is 3.51. The van der Waals surface area contributed by atoms with Crippen LogP contribution in [0.5, 0.6) is 0 Å². The summed E-state index contributed by atoms with van der Waals surface area (Å²) < 4.78 is 1.79. The molecule has 2 aromatic heterocycles. The van der Waals surface area contributed by atoms with Crippen LogP contribution in [0.15, 0.2) is 37.1 Å². The summed E-state index contributed by atoms with van der Waals surface area (Å²) in [6.45, 7) is 4.90. The zero-order chi connectivity index (χ0) is 14.8. The molecule has 0 fully saturated rings. The van der Waals surface area contributed by atoms with E-state index in [0.717, 1.165) is 22.4 Å². The molecule has 0 radical (unpaired) electrons.